The minimum atomic E-state index is -0.296. The average molecular weight is 278 g/mol. The zero-order valence-corrected chi connectivity index (χ0v) is 11.8. The number of piperazine rings is 1. The number of benzene rings is 1. The third-order valence-corrected chi connectivity index (χ3v) is 3.73. The number of nitrogens with zero attached hydrogens (tertiary/aromatic N) is 2. The van der Waals surface area contributed by atoms with Crippen LogP contribution >= 0.6 is 0 Å². The van der Waals surface area contributed by atoms with E-state index in [1.807, 2.05) is 6.92 Å². The third kappa shape index (κ3) is 3.49. The van der Waals surface area contributed by atoms with Gasteiger partial charge in [-0.25, -0.2) is 0 Å². The molecule has 2 rings (SSSR count). The molecule has 1 aromatic carbocycles. The number of aliphatic hydroxyl groups is 1. The van der Waals surface area contributed by atoms with Gasteiger partial charge in [0.1, 0.15) is 5.75 Å². The zero-order chi connectivity index (χ0) is 14.5. The van der Waals surface area contributed by atoms with Gasteiger partial charge in [-0.3, -0.25) is 9.69 Å². The maximum absolute atomic E-state index is 12.3. The van der Waals surface area contributed by atoms with Gasteiger partial charge in [-0.1, -0.05) is 19.1 Å². The maximum atomic E-state index is 12.3. The smallest absolute Gasteiger partial charge is 0.257 e. The number of β-amino-alcohol motifs (C(OH)–C–C–N with tert-alkyl or cyclic N) is 1. The molecule has 110 valence electrons. The SMILES string of the molecule is CCC(O)CN1CCN(C(=O)c2ccccc2O)CC1. The van der Waals surface area contributed by atoms with E-state index < -0.39 is 0 Å². The van der Waals surface area contributed by atoms with Gasteiger partial charge in [0.05, 0.1) is 11.7 Å². The number of phenolic OH excluding ortho intramolecular Hbond substituents is 1. The molecule has 1 unspecified atom stereocenters. The van der Waals surface area contributed by atoms with Crippen molar-refractivity contribution in [1.29, 1.82) is 0 Å². The highest BCUT2D eigenvalue weighted by Crippen LogP contribution is 2.18. The molecule has 20 heavy (non-hydrogen) atoms. The second kappa shape index (κ2) is 6.72. The lowest BCUT2D eigenvalue weighted by molar-refractivity contribution is 0.0521. The molecular formula is C15H22N2O3. The first-order chi connectivity index (χ1) is 9.61. The predicted octanol–water partition coefficient (Wildman–Crippen LogP) is 0.921. The van der Waals surface area contributed by atoms with Crippen molar-refractivity contribution in [2.75, 3.05) is 32.7 Å². The molecule has 0 bridgehead atoms. The van der Waals surface area contributed by atoms with E-state index in [1.54, 1.807) is 23.1 Å². The maximum Gasteiger partial charge on any atom is 0.257 e. The number of hydrogen-bond acceptors (Lipinski definition) is 4. The number of aliphatic hydroxyl groups excluding tert-OH is 1. The first kappa shape index (κ1) is 14.8. The van der Waals surface area contributed by atoms with Crippen molar-refractivity contribution in [1.82, 2.24) is 9.80 Å². The molecule has 0 spiro atoms. The number of amides is 1. The summed E-state index contributed by atoms with van der Waals surface area (Å²) in [6, 6.07) is 6.63. The Hall–Kier alpha value is -1.59. The second-order valence-electron chi connectivity index (χ2n) is 5.17. The Morgan fingerprint density at radius 2 is 1.90 bits per heavy atom. The molecule has 1 aromatic rings. The van der Waals surface area contributed by atoms with E-state index in [2.05, 4.69) is 4.90 Å². The van der Waals surface area contributed by atoms with E-state index in [4.69, 9.17) is 0 Å². The first-order valence-corrected chi connectivity index (χ1v) is 7.09. The van der Waals surface area contributed by atoms with Gasteiger partial charge in [0.25, 0.3) is 5.91 Å². The van der Waals surface area contributed by atoms with Crippen molar-refractivity contribution >= 4 is 5.91 Å². The molecule has 1 heterocycles. The number of aromatic hydroxyl groups is 1. The monoisotopic (exact) mass is 278 g/mol. The standard InChI is InChI=1S/C15H22N2O3/c1-2-12(18)11-16-7-9-17(10-8-16)15(20)13-5-3-4-6-14(13)19/h3-6,12,18-19H,2,7-11H2,1H3. The summed E-state index contributed by atoms with van der Waals surface area (Å²) in [7, 11) is 0. The van der Waals surface area contributed by atoms with E-state index in [1.165, 1.54) is 6.07 Å². The van der Waals surface area contributed by atoms with Crippen LogP contribution in [0.25, 0.3) is 0 Å². The number of carbonyl (C=O) groups is 1. The molecule has 1 fully saturated rings. The fraction of sp³-hybridized carbons (Fsp3) is 0.533. The summed E-state index contributed by atoms with van der Waals surface area (Å²) in [4.78, 5) is 16.2. The Kier molecular flexibility index (Phi) is 4.98. The lowest BCUT2D eigenvalue weighted by Crippen LogP contribution is -2.50. The van der Waals surface area contributed by atoms with E-state index in [0.717, 1.165) is 19.5 Å². The van der Waals surface area contributed by atoms with Gasteiger partial charge < -0.3 is 15.1 Å². The summed E-state index contributed by atoms with van der Waals surface area (Å²) in [5.41, 5.74) is 0.356. The molecule has 1 aliphatic rings. The van der Waals surface area contributed by atoms with Gasteiger partial charge in [-0.2, -0.15) is 0 Å². The minimum Gasteiger partial charge on any atom is -0.507 e. The van der Waals surface area contributed by atoms with Crippen LogP contribution in [0.3, 0.4) is 0 Å². The van der Waals surface area contributed by atoms with Crippen LogP contribution in [0.4, 0.5) is 0 Å². The van der Waals surface area contributed by atoms with E-state index in [0.29, 0.717) is 25.2 Å². The average Bonchev–Trinajstić information content (AvgIpc) is 2.47. The highest BCUT2D eigenvalue weighted by Gasteiger charge is 2.24. The molecule has 2 N–H and O–H groups in total. The molecule has 0 radical (unpaired) electrons. The van der Waals surface area contributed by atoms with Gasteiger partial charge in [-0.15, -0.1) is 0 Å². The molecule has 5 heteroatoms. The van der Waals surface area contributed by atoms with Crippen molar-refractivity contribution in [3.05, 3.63) is 29.8 Å². The summed E-state index contributed by atoms with van der Waals surface area (Å²) in [5, 5.41) is 19.4. The number of phenols is 1. The van der Waals surface area contributed by atoms with Crippen LogP contribution in [0, 0.1) is 0 Å². The van der Waals surface area contributed by atoms with Crippen LogP contribution in [0.15, 0.2) is 24.3 Å². The molecule has 0 aromatic heterocycles. The minimum absolute atomic E-state index is 0.0290. The molecular weight excluding hydrogens is 256 g/mol. The fourth-order valence-electron chi connectivity index (χ4n) is 2.39. The summed E-state index contributed by atoms with van der Waals surface area (Å²) in [6.45, 7) is 5.40. The van der Waals surface area contributed by atoms with Gasteiger partial charge >= 0.3 is 0 Å². The summed E-state index contributed by atoms with van der Waals surface area (Å²) >= 11 is 0. The highest BCUT2D eigenvalue weighted by molar-refractivity contribution is 5.96. The van der Waals surface area contributed by atoms with Crippen LogP contribution < -0.4 is 0 Å². The normalized spacial score (nSPS) is 18.0. The molecule has 5 nitrogen and oxygen atoms in total. The van der Waals surface area contributed by atoms with Crippen molar-refractivity contribution in [2.45, 2.75) is 19.4 Å². The number of carbonyl (C=O) groups excluding carboxylic acids is 1. The fourth-order valence-corrected chi connectivity index (χ4v) is 2.39. The summed E-state index contributed by atoms with van der Waals surface area (Å²) in [5.74, 6) is -0.0971. The molecule has 1 atom stereocenters. The molecule has 1 amide bonds. The van der Waals surface area contributed by atoms with Crippen molar-refractivity contribution in [3.8, 4) is 5.75 Å². The number of hydrogen-bond donors (Lipinski definition) is 2. The first-order valence-electron chi connectivity index (χ1n) is 7.09. The van der Waals surface area contributed by atoms with Gasteiger partial charge in [0.15, 0.2) is 0 Å². The Bertz CT molecular complexity index is 456. The quantitative estimate of drug-likeness (QED) is 0.859. The second-order valence-corrected chi connectivity index (χ2v) is 5.17. The molecule has 0 aliphatic carbocycles. The molecule has 1 saturated heterocycles. The Morgan fingerprint density at radius 3 is 2.50 bits per heavy atom. The summed E-state index contributed by atoms with van der Waals surface area (Å²) in [6.07, 6.45) is 0.451. The van der Waals surface area contributed by atoms with Gasteiger partial charge in [0.2, 0.25) is 0 Å². The van der Waals surface area contributed by atoms with Crippen molar-refractivity contribution in [3.63, 3.8) is 0 Å². The zero-order valence-electron chi connectivity index (χ0n) is 11.8. The van der Waals surface area contributed by atoms with Crippen LogP contribution in [-0.4, -0.2) is 64.7 Å². The van der Waals surface area contributed by atoms with Crippen LogP contribution in [0.2, 0.25) is 0 Å². The summed E-state index contributed by atoms with van der Waals surface area (Å²) < 4.78 is 0. The Morgan fingerprint density at radius 1 is 1.25 bits per heavy atom. The van der Waals surface area contributed by atoms with Crippen molar-refractivity contribution < 1.29 is 15.0 Å². The van der Waals surface area contributed by atoms with Gasteiger partial charge in [0, 0.05) is 32.7 Å². The van der Waals surface area contributed by atoms with Crippen LogP contribution in [0.5, 0.6) is 5.75 Å². The van der Waals surface area contributed by atoms with Crippen LogP contribution in [-0.2, 0) is 0 Å². The Balaban J connectivity index is 1.91. The van der Waals surface area contributed by atoms with E-state index in [-0.39, 0.29) is 17.8 Å². The third-order valence-electron chi connectivity index (χ3n) is 3.73. The molecule has 0 saturated carbocycles. The van der Waals surface area contributed by atoms with Crippen LogP contribution in [0.1, 0.15) is 23.7 Å². The topological polar surface area (TPSA) is 64.0 Å². The molecule has 1 aliphatic heterocycles. The number of para-hydroxylation sites is 1. The van der Waals surface area contributed by atoms with E-state index in [9.17, 15) is 15.0 Å². The lowest BCUT2D eigenvalue weighted by atomic mass is 10.1. The number of rotatable bonds is 4. The van der Waals surface area contributed by atoms with Crippen molar-refractivity contribution in [2.24, 2.45) is 0 Å². The van der Waals surface area contributed by atoms with Gasteiger partial charge in [-0.05, 0) is 18.6 Å². The Labute approximate surface area is 119 Å². The highest BCUT2D eigenvalue weighted by atomic mass is 16.3. The van der Waals surface area contributed by atoms with E-state index >= 15 is 0 Å². The predicted molar refractivity (Wildman–Crippen MR) is 76.7 cm³/mol. The lowest BCUT2D eigenvalue weighted by Gasteiger charge is -2.35. The largest absolute Gasteiger partial charge is 0.507 e.